The van der Waals surface area contributed by atoms with Crippen LogP contribution in [0.25, 0.3) is 32.9 Å². The zero-order chi connectivity index (χ0) is 19.8. The number of fused-ring (bicyclic) bond motifs is 3. The molecule has 28 heavy (non-hydrogen) atoms. The highest BCUT2D eigenvalue weighted by atomic mass is 32.2. The Kier molecular flexibility index (Phi) is 4.85. The van der Waals surface area contributed by atoms with Crippen LogP contribution in [-0.2, 0) is 0 Å². The molecule has 0 aliphatic rings. The minimum atomic E-state index is 0.212. The number of aromatic nitrogens is 4. The topological polar surface area (TPSA) is 62.1 Å². The molecule has 2 aromatic heterocycles. The minimum Gasteiger partial charge on any atom is -0.497 e. The molecule has 0 saturated carbocycles. The maximum Gasteiger partial charge on any atom is 0.187 e. The molecule has 0 aliphatic heterocycles. The van der Waals surface area contributed by atoms with Crippen molar-refractivity contribution in [1.29, 1.82) is 0 Å². The van der Waals surface area contributed by atoms with Gasteiger partial charge in [0.05, 0.1) is 25.9 Å². The van der Waals surface area contributed by atoms with Gasteiger partial charge in [-0.3, -0.25) is 4.68 Å². The summed E-state index contributed by atoms with van der Waals surface area (Å²) in [6, 6.07) is 8.21. The van der Waals surface area contributed by atoms with Crippen LogP contribution < -0.4 is 9.47 Å². The van der Waals surface area contributed by atoms with E-state index < -0.39 is 0 Å². The van der Waals surface area contributed by atoms with Gasteiger partial charge in [-0.25, -0.2) is 9.97 Å². The van der Waals surface area contributed by atoms with E-state index in [2.05, 4.69) is 30.0 Å². The second-order valence-electron chi connectivity index (χ2n) is 6.77. The Morgan fingerprint density at radius 3 is 2.32 bits per heavy atom. The molecule has 4 aromatic rings. The lowest BCUT2D eigenvalue weighted by molar-refractivity contribution is 0.394. The van der Waals surface area contributed by atoms with Crippen LogP contribution in [0.5, 0.6) is 11.5 Å². The number of nitrogens with zero attached hydrogens (tertiary/aromatic N) is 4. The molecule has 0 aliphatic carbocycles. The lowest BCUT2D eigenvalue weighted by Gasteiger charge is -2.13. The van der Waals surface area contributed by atoms with Crippen molar-refractivity contribution in [2.75, 3.05) is 20.5 Å². The van der Waals surface area contributed by atoms with Gasteiger partial charge in [-0.1, -0.05) is 11.8 Å². The van der Waals surface area contributed by atoms with E-state index in [0.717, 1.165) is 49.6 Å². The molecule has 0 atom stereocenters. The van der Waals surface area contributed by atoms with Crippen LogP contribution >= 0.6 is 11.8 Å². The molecule has 4 rings (SSSR count). The summed E-state index contributed by atoms with van der Waals surface area (Å²) in [7, 11) is 3.31. The molecule has 0 unspecified atom stereocenters. The number of methoxy groups -OCH3 is 2. The van der Waals surface area contributed by atoms with Crippen molar-refractivity contribution in [3.8, 4) is 22.6 Å². The number of benzene rings is 2. The Balaban J connectivity index is 2.10. The molecular weight excluding hydrogens is 372 g/mol. The van der Waals surface area contributed by atoms with Gasteiger partial charge in [0.25, 0.3) is 0 Å². The molecule has 0 N–H and O–H groups in total. The van der Waals surface area contributed by atoms with Crippen molar-refractivity contribution < 1.29 is 9.47 Å². The highest BCUT2D eigenvalue weighted by Crippen LogP contribution is 2.38. The van der Waals surface area contributed by atoms with Gasteiger partial charge >= 0.3 is 0 Å². The third-order valence-corrected chi connectivity index (χ3v) is 5.30. The Morgan fingerprint density at radius 2 is 1.71 bits per heavy atom. The Hall–Kier alpha value is -2.80. The summed E-state index contributed by atoms with van der Waals surface area (Å²) in [6.45, 7) is 4.24. The first kappa shape index (κ1) is 18.6. The quantitative estimate of drug-likeness (QED) is 0.352. The second kappa shape index (κ2) is 7.31. The van der Waals surface area contributed by atoms with Gasteiger partial charge in [-0.2, -0.15) is 5.10 Å². The molecule has 0 bridgehead atoms. The van der Waals surface area contributed by atoms with Crippen molar-refractivity contribution in [3.63, 3.8) is 0 Å². The van der Waals surface area contributed by atoms with Crippen LogP contribution in [0.15, 0.2) is 41.8 Å². The molecule has 0 radical (unpaired) electrons. The number of hydrogen-bond acceptors (Lipinski definition) is 6. The summed E-state index contributed by atoms with van der Waals surface area (Å²) in [5, 5.41) is 7.43. The van der Waals surface area contributed by atoms with E-state index in [1.54, 1.807) is 14.2 Å². The number of hydrogen-bond donors (Lipinski definition) is 0. The van der Waals surface area contributed by atoms with Crippen molar-refractivity contribution in [2.45, 2.75) is 25.0 Å². The molecule has 2 aromatic carbocycles. The Labute approximate surface area is 167 Å². The van der Waals surface area contributed by atoms with E-state index in [4.69, 9.17) is 14.5 Å². The van der Waals surface area contributed by atoms with Gasteiger partial charge in [-0.15, -0.1) is 0 Å². The standard InChI is InChI=1S/C21H22N4O2S/c1-12(2)25-20-18(11-23-25)17(8-14-10-22-21(28-5)24-19(14)20)13-6-15(26-3)9-16(7-13)27-4/h6-12H,1-5H3. The minimum absolute atomic E-state index is 0.212. The van der Waals surface area contributed by atoms with Crippen LogP contribution in [0.4, 0.5) is 0 Å². The van der Waals surface area contributed by atoms with Crippen LogP contribution in [-0.4, -0.2) is 40.2 Å². The van der Waals surface area contributed by atoms with Gasteiger partial charge in [0.1, 0.15) is 17.0 Å². The average Bonchev–Trinajstić information content (AvgIpc) is 3.18. The number of rotatable bonds is 5. The summed E-state index contributed by atoms with van der Waals surface area (Å²) in [5.41, 5.74) is 3.98. The molecule has 7 heteroatoms. The van der Waals surface area contributed by atoms with Gasteiger partial charge < -0.3 is 9.47 Å². The fraction of sp³-hybridized carbons (Fsp3) is 0.286. The molecule has 0 spiro atoms. The summed E-state index contributed by atoms with van der Waals surface area (Å²) >= 11 is 1.53. The van der Waals surface area contributed by atoms with E-state index in [1.807, 2.05) is 41.5 Å². The van der Waals surface area contributed by atoms with Gasteiger partial charge in [-0.05, 0) is 49.4 Å². The largest absolute Gasteiger partial charge is 0.497 e. The third kappa shape index (κ3) is 3.05. The number of thioether (sulfide) groups is 1. The van der Waals surface area contributed by atoms with E-state index in [-0.39, 0.29) is 6.04 Å². The van der Waals surface area contributed by atoms with Crippen molar-refractivity contribution in [2.24, 2.45) is 0 Å². The zero-order valence-electron chi connectivity index (χ0n) is 16.6. The SMILES string of the molecule is COc1cc(OC)cc(-c2cc3cnc(SC)nc3c3c2cnn3C(C)C)c1. The van der Waals surface area contributed by atoms with Gasteiger partial charge in [0.2, 0.25) is 0 Å². The second-order valence-corrected chi connectivity index (χ2v) is 7.54. The zero-order valence-corrected chi connectivity index (χ0v) is 17.4. The molecule has 0 saturated heterocycles. The van der Waals surface area contributed by atoms with Crippen LogP contribution in [0, 0.1) is 0 Å². The average molecular weight is 395 g/mol. The van der Waals surface area contributed by atoms with E-state index in [1.165, 1.54) is 11.8 Å². The first-order valence-corrected chi connectivity index (χ1v) is 10.2. The summed E-state index contributed by atoms with van der Waals surface area (Å²) in [6.07, 6.45) is 5.78. The highest BCUT2D eigenvalue weighted by Gasteiger charge is 2.18. The maximum atomic E-state index is 5.46. The van der Waals surface area contributed by atoms with Crippen LogP contribution in [0.3, 0.4) is 0 Å². The first-order chi connectivity index (χ1) is 13.5. The van der Waals surface area contributed by atoms with E-state index in [0.29, 0.717) is 0 Å². The summed E-state index contributed by atoms with van der Waals surface area (Å²) in [5.74, 6) is 1.49. The fourth-order valence-corrected chi connectivity index (χ4v) is 3.73. The molecule has 144 valence electrons. The van der Waals surface area contributed by atoms with Crippen LogP contribution in [0.2, 0.25) is 0 Å². The van der Waals surface area contributed by atoms with E-state index in [9.17, 15) is 0 Å². The first-order valence-electron chi connectivity index (χ1n) is 9.00. The predicted octanol–water partition coefficient (Wildman–Crippen LogP) is 4.97. The van der Waals surface area contributed by atoms with Gasteiger partial charge in [0.15, 0.2) is 5.16 Å². The lowest BCUT2D eigenvalue weighted by atomic mass is 9.99. The highest BCUT2D eigenvalue weighted by molar-refractivity contribution is 7.98. The van der Waals surface area contributed by atoms with Crippen molar-refractivity contribution in [1.82, 2.24) is 19.7 Å². The maximum absolute atomic E-state index is 5.46. The molecule has 0 fully saturated rings. The number of ether oxygens (including phenoxy) is 2. The monoisotopic (exact) mass is 394 g/mol. The van der Waals surface area contributed by atoms with Crippen LogP contribution in [0.1, 0.15) is 19.9 Å². The predicted molar refractivity (Wildman–Crippen MR) is 114 cm³/mol. The van der Waals surface area contributed by atoms with Crippen molar-refractivity contribution in [3.05, 3.63) is 36.7 Å². The summed E-state index contributed by atoms with van der Waals surface area (Å²) in [4.78, 5) is 9.25. The van der Waals surface area contributed by atoms with E-state index >= 15 is 0 Å². The fourth-order valence-electron chi connectivity index (χ4n) is 3.39. The molecule has 6 nitrogen and oxygen atoms in total. The lowest BCUT2D eigenvalue weighted by Crippen LogP contribution is -2.03. The Morgan fingerprint density at radius 1 is 1.00 bits per heavy atom. The summed E-state index contributed by atoms with van der Waals surface area (Å²) < 4.78 is 13.0. The normalized spacial score (nSPS) is 11.5. The smallest absolute Gasteiger partial charge is 0.187 e. The molecule has 0 amide bonds. The third-order valence-electron chi connectivity index (χ3n) is 4.74. The van der Waals surface area contributed by atoms with Crippen molar-refractivity contribution >= 4 is 33.6 Å². The molecular formula is C21H22N4O2S. The van der Waals surface area contributed by atoms with Gasteiger partial charge in [0, 0.05) is 29.1 Å². The Bertz CT molecular complexity index is 1150. The molecule has 2 heterocycles.